The lowest BCUT2D eigenvalue weighted by molar-refractivity contribution is -0.175. The molecule has 2 amide bonds. The minimum absolute atomic E-state index is 0.000312. The van der Waals surface area contributed by atoms with Gasteiger partial charge >= 0.3 is 36.1 Å². The molecule has 2 aromatic heterocycles. The number of sulfone groups is 3. The van der Waals surface area contributed by atoms with Gasteiger partial charge in [-0.25, -0.2) is 58.0 Å². The van der Waals surface area contributed by atoms with Gasteiger partial charge in [0.05, 0.1) is 28.0 Å². The van der Waals surface area contributed by atoms with Gasteiger partial charge in [-0.15, -0.1) is 22.7 Å². The number of carbonyl (C=O) groups is 6. The molecular formula is C51H67N3O20S6Si. The number of esters is 4. The molecule has 0 radical (unpaired) electrons. The van der Waals surface area contributed by atoms with Crippen LogP contribution in [0, 0.1) is 0 Å². The van der Waals surface area contributed by atoms with Crippen molar-refractivity contribution in [3.8, 4) is 0 Å². The van der Waals surface area contributed by atoms with Crippen molar-refractivity contribution in [2.75, 3.05) is 31.7 Å². The average Bonchev–Trinajstić information content (AvgIpc) is 4.10. The highest BCUT2D eigenvalue weighted by atomic mass is 32.3. The highest BCUT2D eigenvalue weighted by Gasteiger charge is 2.52. The van der Waals surface area contributed by atoms with Crippen LogP contribution < -0.4 is 15.5 Å². The van der Waals surface area contributed by atoms with E-state index in [0.717, 1.165) is 41.6 Å². The van der Waals surface area contributed by atoms with Gasteiger partial charge in [-0.05, 0) is 57.7 Å². The molecule has 0 saturated carbocycles. The van der Waals surface area contributed by atoms with Crippen molar-refractivity contribution in [3.63, 3.8) is 0 Å². The number of nitrogens with zero attached hydrogens (tertiary/aromatic N) is 2. The summed E-state index contributed by atoms with van der Waals surface area (Å²) in [6, 6.07) is 20.2. The summed E-state index contributed by atoms with van der Waals surface area (Å²) in [5.74, 6) is -3.22. The largest absolute Gasteiger partial charge is 0.454 e. The summed E-state index contributed by atoms with van der Waals surface area (Å²) in [6.45, 7) is 16.1. The monoisotopic (exact) mass is 1260 g/mol. The third kappa shape index (κ3) is 15.3. The second kappa shape index (κ2) is 26.2. The Morgan fingerprint density at radius 3 is 1.33 bits per heavy atom. The fourth-order valence-electron chi connectivity index (χ4n) is 9.42. The molecule has 2 aromatic carbocycles. The number of sulfonamides is 1. The maximum atomic E-state index is 14.6. The van der Waals surface area contributed by atoms with E-state index in [4.69, 9.17) is 24.1 Å². The van der Waals surface area contributed by atoms with E-state index in [1.54, 1.807) is 13.8 Å². The normalized spacial score (nSPS) is 19.1. The minimum atomic E-state index is -4.16. The van der Waals surface area contributed by atoms with E-state index in [-0.39, 0.29) is 59.3 Å². The van der Waals surface area contributed by atoms with Crippen LogP contribution in [0.3, 0.4) is 0 Å². The van der Waals surface area contributed by atoms with Gasteiger partial charge in [0.15, 0.2) is 42.7 Å². The highest BCUT2D eigenvalue weighted by molar-refractivity contribution is 7.97. The Morgan fingerprint density at radius 2 is 1.00 bits per heavy atom. The van der Waals surface area contributed by atoms with E-state index < -0.39 is 137 Å². The van der Waals surface area contributed by atoms with Crippen LogP contribution in [0.4, 0.5) is 9.59 Å². The smallest absolute Gasteiger partial charge is 0.413 e. The number of nitrogens with two attached hydrogens (primary N) is 1. The number of primary sulfonamides is 1. The molecule has 6 atom stereocenters. The second-order valence-corrected chi connectivity index (χ2v) is 36.6. The van der Waals surface area contributed by atoms with E-state index in [0.29, 0.717) is 11.3 Å². The number of thiophene rings is 2. The summed E-state index contributed by atoms with van der Waals surface area (Å²) in [5.41, 5.74) is 0.345. The average molecular weight is 1260 g/mol. The first kappa shape index (κ1) is 66.0. The molecule has 0 saturated heterocycles. The van der Waals surface area contributed by atoms with Gasteiger partial charge in [0.1, 0.15) is 24.9 Å². The van der Waals surface area contributed by atoms with Crippen molar-refractivity contribution in [2.45, 2.75) is 146 Å². The van der Waals surface area contributed by atoms with Crippen LogP contribution >= 0.6 is 22.7 Å². The summed E-state index contributed by atoms with van der Waals surface area (Å²) in [6.07, 6.45) is -4.47. The molecule has 6 rings (SSSR count). The number of carbonyl (C=O) groups excluding carboxylic acids is 6. The number of hydrogen-bond donors (Lipinski definition) is 1. The molecule has 0 spiro atoms. The fraction of sp³-hybridized carbons (Fsp3) is 0.490. The van der Waals surface area contributed by atoms with Crippen molar-refractivity contribution in [1.82, 2.24) is 9.80 Å². The van der Waals surface area contributed by atoms with Gasteiger partial charge in [-0.2, -0.15) is 0 Å². The molecule has 0 bridgehead atoms. The van der Waals surface area contributed by atoms with E-state index >= 15 is 0 Å². The highest BCUT2D eigenvalue weighted by Crippen LogP contribution is 2.48. The Bertz CT molecular complexity index is 3400. The summed E-state index contributed by atoms with van der Waals surface area (Å²) in [7, 11) is -19.1. The van der Waals surface area contributed by atoms with Gasteiger partial charge < -0.3 is 38.2 Å². The zero-order valence-electron chi connectivity index (χ0n) is 46.4. The first-order valence-electron chi connectivity index (χ1n) is 25.2. The maximum Gasteiger partial charge on any atom is 0.413 e. The summed E-state index contributed by atoms with van der Waals surface area (Å²) in [4.78, 5) is 74.0. The lowest BCUT2D eigenvalue weighted by atomic mass is 10.0. The van der Waals surface area contributed by atoms with Crippen molar-refractivity contribution >= 4 is 117 Å². The van der Waals surface area contributed by atoms with Crippen molar-refractivity contribution in [2.24, 2.45) is 5.14 Å². The fourth-order valence-corrected chi connectivity index (χ4v) is 28.3. The topological polar surface area (TPSA) is 327 Å². The van der Waals surface area contributed by atoms with E-state index in [9.17, 15) is 62.4 Å². The van der Waals surface area contributed by atoms with Crippen LogP contribution in [0.25, 0.3) is 0 Å². The van der Waals surface area contributed by atoms with Gasteiger partial charge in [0.2, 0.25) is 22.6 Å². The van der Waals surface area contributed by atoms with Crippen molar-refractivity contribution in [1.29, 1.82) is 0 Å². The SMILES string of the molecule is CCN(C(=O)OC(C)OC(=O)COC(C)=O)[C@H]1C[C@H](C)S(=O)(=O)c2sc(S(=O)(=O)C[Si](c3ccccc3)(c3ccccc3)C(C)(C)C)cc21.CCN(C(=O)OC(C)OC(=O)COC(C)=O)[C@H]1C[C@H](C)S(=O)(=O)c2sc(S(N)(=O)=O)cc21. The number of rotatable bonds is 18. The Morgan fingerprint density at radius 1 is 0.642 bits per heavy atom. The van der Waals surface area contributed by atoms with Crippen LogP contribution in [0.2, 0.25) is 5.04 Å². The first-order valence-corrected chi connectivity index (χ1v) is 35.4. The van der Waals surface area contributed by atoms with Gasteiger partial charge in [0.25, 0.3) is 0 Å². The molecule has 4 heterocycles. The lowest BCUT2D eigenvalue weighted by Crippen LogP contribution is -2.68. The zero-order chi connectivity index (χ0) is 60.8. The Labute approximate surface area is 481 Å². The molecule has 2 aliphatic rings. The van der Waals surface area contributed by atoms with Crippen LogP contribution in [0.1, 0.15) is 112 Å². The quantitative estimate of drug-likeness (QED) is 0.0552. The molecule has 2 unspecified atom stereocenters. The number of benzene rings is 2. The summed E-state index contributed by atoms with van der Waals surface area (Å²) >= 11 is 1.26. The molecule has 0 aliphatic carbocycles. The molecule has 4 aromatic rings. The Balaban J connectivity index is 0.000000326. The molecule has 81 heavy (non-hydrogen) atoms. The van der Waals surface area contributed by atoms with Gasteiger partial charge in [-0.3, -0.25) is 9.59 Å². The second-order valence-electron chi connectivity index (χ2n) is 20.0. The molecular weight excluding hydrogens is 1200 g/mol. The molecule has 23 nitrogen and oxygen atoms in total. The Kier molecular flexibility index (Phi) is 21.4. The van der Waals surface area contributed by atoms with Gasteiger partial charge in [-0.1, -0.05) is 91.8 Å². The van der Waals surface area contributed by atoms with Crippen molar-refractivity contribution in [3.05, 3.63) is 83.9 Å². The maximum absolute atomic E-state index is 14.6. The van der Waals surface area contributed by atoms with Crippen LogP contribution in [-0.4, -0.2) is 142 Å². The van der Waals surface area contributed by atoms with Gasteiger partial charge in [0, 0.05) is 51.9 Å². The van der Waals surface area contributed by atoms with Crippen LogP contribution in [0.15, 0.2) is 89.6 Å². The number of amides is 2. The molecule has 446 valence electrons. The molecule has 2 aliphatic heterocycles. The number of hydrogen-bond acceptors (Lipinski definition) is 22. The standard InChI is InChI=1S/C34H43NO10S3Si.C17H24N2O10S3/c1-8-35(33(38)45-25(4)44-30(37)21-43-24(3)36)29-19-23(2)48(41,42)32-28(29)20-31(46-32)47(39,40)22-49(34(5,6)7,26-15-11-9-12-16-26)27-17-13-10-14-18-27;1-5-19(17(22)29-11(4)28-14(21)8-27-10(3)20)13-6-9(2)31(23,24)16-12(13)7-15(30-16)32(18,25)26/h9-18,20,23,25,29H,8,19,21-22H2,1-7H3;7,9,11,13H,5-6,8H2,1-4H3,(H2,18,25,26)/t23-,25?,29-;9-,11?,13-/m00/s1. The number of ether oxygens (including phenoxy) is 6. The summed E-state index contributed by atoms with van der Waals surface area (Å²) < 4.78 is 134. The van der Waals surface area contributed by atoms with E-state index in [1.165, 1.54) is 43.6 Å². The van der Waals surface area contributed by atoms with Crippen LogP contribution in [-0.2, 0) is 87.1 Å². The van der Waals surface area contributed by atoms with E-state index in [1.807, 2.05) is 60.7 Å². The van der Waals surface area contributed by atoms with Crippen LogP contribution in [0.5, 0.6) is 0 Å². The number of fused-ring (bicyclic) bond motifs is 2. The predicted molar refractivity (Wildman–Crippen MR) is 300 cm³/mol. The Hall–Kier alpha value is -5.76. The molecule has 0 fully saturated rings. The van der Waals surface area contributed by atoms with Crippen molar-refractivity contribution < 1.29 is 90.9 Å². The predicted octanol–water partition coefficient (Wildman–Crippen LogP) is 5.56. The third-order valence-corrected chi connectivity index (χ3v) is 32.6. The van der Waals surface area contributed by atoms with E-state index in [2.05, 4.69) is 30.2 Å². The lowest BCUT2D eigenvalue weighted by Gasteiger charge is -2.43. The first-order chi connectivity index (χ1) is 37.5. The zero-order valence-corrected chi connectivity index (χ0v) is 52.3. The molecule has 30 heteroatoms. The third-order valence-electron chi connectivity index (χ3n) is 13.4. The minimum Gasteiger partial charge on any atom is -0.454 e. The summed E-state index contributed by atoms with van der Waals surface area (Å²) in [5, 5.41) is 4.57. The molecule has 2 N–H and O–H groups in total.